The average Bonchev–Trinajstić information content (AvgIpc) is 3.15. The molecule has 5 heteroatoms. The molecule has 28 heavy (non-hydrogen) atoms. The lowest BCUT2D eigenvalue weighted by Gasteiger charge is -2.34. The fraction of sp³-hybridized carbons (Fsp3) is 0.391. The van der Waals surface area contributed by atoms with Crippen LogP contribution in [0.4, 0.5) is 0 Å². The van der Waals surface area contributed by atoms with Crippen molar-refractivity contribution in [2.45, 2.75) is 51.1 Å². The van der Waals surface area contributed by atoms with Crippen LogP contribution in [0.1, 0.15) is 48.5 Å². The number of hydrogen-bond acceptors (Lipinski definition) is 5. The lowest BCUT2D eigenvalue weighted by atomic mass is 9.96. The highest BCUT2D eigenvalue weighted by Crippen LogP contribution is 2.24. The van der Waals surface area contributed by atoms with Crippen molar-refractivity contribution in [2.24, 2.45) is 0 Å². The largest absolute Gasteiger partial charge is 0.508 e. The maximum absolute atomic E-state index is 9.67. The van der Waals surface area contributed by atoms with Crippen LogP contribution in [0.2, 0.25) is 0 Å². The molecule has 0 radical (unpaired) electrons. The third-order valence-corrected chi connectivity index (χ3v) is 5.48. The molecule has 2 heterocycles. The summed E-state index contributed by atoms with van der Waals surface area (Å²) in [5.74, 6) is 1.79. The molecular weight excluding hydrogens is 350 g/mol. The summed E-state index contributed by atoms with van der Waals surface area (Å²) in [6.07, 6.45) is 6.43. The number of aromatic hydroxyl groups is 1. The van der Waals surface area contributed by atoms with Crippen molar-refractivity contribution in [1.82, 2.24) is 15.0 Å². The Labute approximate surface area is 166 Å². The molecule has 1 aliphatic heterocycles. The molecule has 2 aromatic carbocycles. The molecule has 146 valence electrons. The zero-order valence-electron chi connectivity index (χ0n) is 16.1. The van der Waals surface area contributed by atoms with Gasteiger partial charge < -0.3 is 9.63 Å². The Hall–Kier alpha value is -2.66. The second-order valence-corrected chi connectivity index (χ2v) is 7.60. The minimum absolute atomic E-state index is 0.342. The maximum Gasteiger partial charge on any atom is 0.240 e. The summed E-state index contributed by atoms with van der Waals surface area (Å²) in [7, 11) is 0. The molecule has 0 aliphatic carbocycles. The second-order valence-electron chi connectivity index (χ2n) is 7.60. The molecule has 1 aliphatic rings. The van der Waals surface area contributed by atoms with E-state index < -0.39 is 0 Å². The fourth-order valence-corrected chi connectivity index (χ4v) is 4.02. The number of phenols is 1. The summed E-state index contributed by atoms with van der Waals surface area (Å²) in [6, 6.07) is 18.3. The van der Waals surface area contributed by atoms with Gasteiger partial charge in [0.25, 0.3) is 0 Å². The normalized spacial score (nSPS) is 17.6. The van der Waals surface area contributed by atoms with Crippen LogP contribution in [0.15, 0.2) is 59.1 Å². The average molecular weight is 377 g/mol. The van der Waals surface area contributed by atoms with E-state index in [1.165, 1.54) is 30.4 Å². The Morgan fingerprint density at radius 3 is 2.75 bits per heavy atom. The highest BCUT2D eigenvalue weighted by atomic mass is 16.5. The van der Waals surface area contributed by atoms with E-state index in [0.29, 0.717) is 30.6 Å². The molecule has 1 saturated heterocycles. The Balaban J connectivity index is 1.35. The van der Waals surface area contributed by atoms with Gasteiger partial charge in [0, 0.05) is 12.5 Å². The molecule has 0 saturated carbocycles. The number of likely N-dealkylation sites (tertiary alicyclic amines) is 1. The lowest BCUT2D eigenvalue weighted by Crippen LogP contribution is -2.39. The van der Waals surface area contributed by atoms with Gasteiger partial charge in [-0.05, 0) is 55.5 Å². The van der Waals surface area contributed by atoms with Crippen molar-refractivity contribution in [3.05, 3.63) is 77.4 Å². The highest BCUT2D eigenvalue weighted by molar-refractivity contribution is 5.27. The first-order chi connectivity index (χ1) is 13.8. The molecule has 1 atom stereocenters. The number of benzene rings is 2. The standard InChI is InChI=1S/C23H27N3O2/c27-21-11-6-9-19(15-21)12-13-20-10-4-5-14-26(20)17-23-24-22(25-28-23)16-18-7-2-1-3-8-18/h1-3,6-9,11,15,20,27H,4-5,10,12-14,16-17H2/t20-/m1/s1. The first-order valence-electron chi connectivity index (χ1n) is 10.1. The van der Waals surface area contributed by atoms with Crippen LogP contribution < -0.4 is 0 Å². The summed E-state index contributed by atoms with van der Waals surface area (Å²) in [5.41, 5.74) is 2.38. The van der Waals surface area contributed by atoms with Gasteiger partial charge in [-0.1, -0.05) is 54.0 Å². The summed E-state index contributed by atoms with van der Waals surface area (Å²) in [5, 5.41) is 13.8. The lowest BCUT2D eigenvalue weighted by molar-refractivity contribution is 0.117. The van der Waals surface area contributed by atoms with E-state index in [9.17, 15) is 5.11 Å². The monoisotopic (exact) mass is 377 g/mol. The molecule has 5 nitrogen and oxygen atoms in total. The van der Waals surface area contributed by atoms with Crippen LogP contribution in [0.3, 0.4) is 0 Å². The molecule has 0 amide bonds. The fourth-order valence-electron chi connectivity index (χ4n) is 4.02. The SMILES string of the molecule is Oc1cccc(CC[C@H]2CCCCN2Cc2nc(Cc3ccccc3)no2)c1. The van der Waals surface area contributed by atoms with Gasteiger partial charge in [0.05, 0.1) is 6.54 Å². The Morgan fingerprint density at radius 1 is 1.04 bits per heavy atom. The van der Waals surface area contributed by atoms with E-state index in [-0.39, 0.29) is 0 Å². The van der Waals surface area contributed by atoms with Crippen molar-refractivity contribution in [3.63, 3.8) is 0 Å². The van der Waals surface area contributed by atoms with Crippen LogP contribution in [-0.4, -0.2) is 32.7 Å². The third kappa shape index (κ3) is 4.98. The molecule has 0 unspecified atom stereocenters. The third-order valence-electron chi connectivity index (χ3n) is 5.48. The van der Waals surface area contributed by atoms with Crippen LogP contribution >= 0.6 is 0 Å². The van der Waals surface area contributed by atoms with Gasteiger partial charge in [-0.3, -0.25) is 4.90 Å². The quantitative estimate of drug-likeness (QED) is 0.663. The van der Waals surface area contributed by atoms with E-state index in [2.05, 4.69) is 33.2 Å². The number of aromatic nitrogens is 2. The van der Waals surface area contributed by atoms with E-state index in [1.807, 2.05) is 30.3 Å². The van der Waals surface area contributed by atoms with E-state index in [1.54, 1.807) is 6.07 Å². The van der Waals surface area contributed by atoms with Crippen molar-refractivity contribution in [2.75, 3.05) is 6.54 Å². The number of piperidine rings is 1. The van der Waals surface area contributed by atoms with Gasteiger partial charge in [-0.15, -0.1) is 0 Å². The zero-order valence-corrected chi connectivity index (χ0v) is 16.1. The molecule has 1 N–H and O–H groups in total. The molecule has 3 aromatic rings. The van der Waals surface area contributed by atoms with Crippen molar-refractivity contribution in [3.8, 4) is 5.75 Å². The predicted molar refractivity (Wildman–Crippen MR) is 108 cm³/mol. The molecule has 0 bridgehead atoms. The predicted octanol–water partition coefficient (Wildman–Crippen LogP) is 4.35. The van der Waals surface area contributed by atoms with Crippen molar-refractivity contribution >= 4 is 0 Å². The molecular formula is C23H27N3O2. The second kappa shape index (κ2) is 9.02. The topological polar surface area (TPSA) is 62.4 Å². The number of aryl methyl sites for hydroxylation is 1. The van der Waals surface area contributed by atoms with Crippen LogP contribution in [0, 0.1) is 0 Å². The zero-order chi connectivity index (χ0) is 19.2. The smallest absolute Gasteiger partial charge is 0.240 e. The summed E-state index contributed by atoms with van der Waals surface area (Å²) < 4.78 is 5.53. The first kappa shape index (κ1) is 18.7. The number of hydrogen-bond donors (Lipinski definition) is 1. The number of phenolic OH excluding ortho intramolecular Hbond substituents is 1. The van der Waals surface area contributed by atoms with Gasteiger partial charge >= 0.3 is 0 Å². The van der Waals surface area contributed by atoms with Crippen LogP contribution in [0.5, 0.6) is 5.75 Å². The van der Waals surface area contributed by atoms with Gasteiger partial charge in [-0.2, -0.15) is 4.98 Å². The minimum atomic E-state index is 0.342. The summed E-state index contributed by atoms with van der Waals surface area (Å²) in [4.78, 5) is 7.09. The van der Waals surface area contributed by atoms with Crippen molar-refractivity contribution in [1.29, 1.82) is 0 Å². The summed E-state index contributed by atoms with van der Waals surface area (Å²) in [6.45, 7) is 1.79. The van der Waals surface area contributed by atoms with Crippen molar-refractivity contribution < 1.29 is 9.63 Å². The molecule has 1 fully saturated rings. The maximum atomic E-state index is 9.67. The highest BCUT2D eigenvalue weighted by Gasteiger charge is 2.24. The van der Waals surface area contributed by atoms with Gasteiger partial charge in [-0.25, -0.2) is 0 Å². The Kier molecular flexibility index (Phi) is 6.02. The summed E-state index contributed by atoms with van der Waals surface area (Å²) >= 11 is 0. The molecule has 4 rings (SSSR count). The van der Waals surface area contributed by atoms with E-state index in [0.717, 1.165) is 25.2 Å². The Bertz CT molecular complexity index is 878. The van der Waals surface area contributed by atoms with E-state index in [4.69, 9.17) is 4.52 Å². The van der Waals surface area contributed by atoms with E-state index >= 15 is 0 Å². The number of nitrogens with zero attached hydrogens (tertiary/aromatic N) is 3. The molecule has 0 spiro atoms. The van der Waals surface area contributed by atoms with Crippen LogP contribution in [-0.2, 0) is 19.4 Å². The van der Waals surface area contributed by atoms with Gasteiger partial charge in [0.2, 0.25) is 5.89 Å². The Morgan fingerprint density at radius 2 is 1.89 bits per heavy atom. The van der Waals surface area contributed by atoms with Gasteiger partial charge in [0.1, 0.15) is 5.75 Å². The van der Waals surface area contributed by atoms with Gasteiger partial charge in [0.15, 0.2) is 5.82 Å². The minimum Gasteiger partial charge on any atom is -0.508 e. The van der Waals surface area contributed by atoms with Crippen LogP contribution in [0.25, 0.3) is 0 Å². The molecule has 1 aromatic heterocycles. The first-order valence-corrected chi connectivity index (χ1v) is 10.1. The number of rotatable bonds is 7.